The van der Waals surface area contributed by atoms with Crippen molar-refractivity contribution >= 4 is 11.8 Å². The van der Waals surface area contributed by atoms with Crippen LogP contribution in [0.2, 0.25) is 0 Å². The minimum atomic E-state index is -0.237. The Bertz CT molecular complexity index is 776. The summed E-state index contributed by atoms with van der Waals surface area (Å²) in [5.41, 5.74) is 0.525. The molecule has 1 aliphatic heterocycles. The molecule has 2 heterocycles. The first-order valence-electron chi connectivity index (χ1n) is 9.91. The van der Waals surface area contributed by atoms with E-state index in [4.69, 9.17) is 13.9 Å². The molecular weight excluding hydrogens is 372 g/mol. The first-order valence-corrected chi connectivity index (χ1v) is 9.91. The highest BCUT2D eigenvalue weighted by Crippen LogP contribution is 2.14. The fourth-order valence-corrected chi connectivity index (χ4v) is 3.30. The Labute approximate surface area is 171 Å². The number of hydrogen-bond acceptors (Lipinski definition) is 5. The second kappa shape index (κ2) is 10.1. The van der Waals surface area contributed by atoms with Crippen molar-refractivity contribution < 1.29 is 23.5 Å². The fourth-order valence-electron chi connectivity index (χ4n) is 3.30. The van der Waals surface area contributed by atoms with Gasteiger partial charge in [0, 0.05) is 26.2 Å². The number of furan rings is 1. The van der Waals surface area contributed by atoms with Crippen molar-refractivity contribution in [2.24, 2.45) is 5.92 Å². The number of amides is 2. The van der Waals surface area contributed by atoms with E-state index >= 15 is 0 Å². The molecule has 2 aromatic rings. The number of para-hydroxylation sites is 1. The Balaban J connectivity index is 1.58. The lowest BCUT2D eigenvalue weighted by molar-refractivity contribution is -0.137. The predicted octanol–water partition coefficient (Wildman–Crippen LogP) is 2.68. The van der Waals surface area contributed by atoms with Gasteiger partial charge in [-0.05, 0) is 24.1 Å². The van der Waals surface area contributed by atoms with Gasteiger partial charge < -0.3 is 23.7 Å². The van der Waals surface area contributed by atoms with E-state index in [-0.39, 0.29) is 24.5 Å². The van der Waals surface area contributed by atoms with Crippen molar-refractivity contribution in [3.05, 3.63) is 54.5 Å². The average Bonchev–Trinajstić information content (AvgIpc) is 3.26. The molecule has 2 amide bonds. The molecule has 29 heavy (non-hydrogen) atoms. The molecule has 1 aromatic carbocycles. The fraction of sp³-hybridized carbons (Fsp3) is 0.455. The van der Waals surface area contributed by atoms with Crippen LogP contribution in [0.15, 0.2) is 53.3 Å². The molecule has 0 saturated carbocycles. The second-order valence-electron chi connectivity index (χ2n) is 7.55. The molecule has 0 spiro atoms. The SMILES string of the molecule is CC(C)CN(CC1CN(C(=O)c2ccoc2)CCO1)C(=O)COc1ccccc1. The third-order valence-electron chi connectivity index (χ3n) is 4.66. The molecule has 0 aliphatic carbocycles. The van der Waals surface area contributed by atoms with Crippen molar-refractivity contribution in [1.82, 2.24) is 9.80 Å². The van der Waals surface area contributed by atoms with Gasteiger partial charge in [0.1, 0.15) is 12.0 Å². The lowest BCUT2D eigenvalue weighted by Gasteiger charge is -2.36. The highest BCUT2D eigenvalue weighted by atomic mass is 16.5. The first-order chi connectivity index (χ1) is 14.0. The maximum atomic E-state index is 12.8. The number of carbonyl (C=O) groups excluding carboxylic acids is 2. The van der Waals surface area contributed by atoms with Crippen LogP contribution in [0.25, 0.3) is 0 Å². The minimum Gasteiger partial charge on any atom is -0.484 e. The van der Waals surface area contributed by atoms with Gasteiger partial charge in [-0.1, -0.05) is 32.0 Å². The van der Waals surface area contributed by atoms with Crippen LogP contribution in [0.1, 0.15) is 24.2 Å². The standard InChI is InChI=1S/C22H28N2O5/c1-17(2)12-24(21(25)16-29-19-6-4-3-5-7-19)14-20-13-23(9-11-28-20)22(26)18-8-10-27-15-18/h3-8,10,15,17,20H,9,11-14,16H2,1-2H3. The number of benzene rings is 1. The zero-order valence-electron chi connectivity index (χ0n) is 17.0. The number of ether oxygens (including phenoxy) is 2. The number of nitrogens with zero attached hydrogens (tertiary/aromatic N) is 2. The molecular formula is C22H28N2O5. The van der Waals surface area contributed by atoms with Crippen LogP contribution in [0, 0.1) is 5.92 Å². The van der Waals surface area contributed by atoms with E-state index in [1.165, 1.54) is 12.5 Å². The molecule has 1 unspecified atom stereocenters. The highest BCUT2D eigenvalue weighted by Gasteiger charge is 2.28. The van der Waals surface area contributed by atoms with Crippen LogP contribution >= 0.6 is 0 Å². The normalized spacial score (nSPS) is 16.7. The summed E-state index contributed by atoms with van der Waals surface area (Å²) in [6.07, 6.45) is 2.70. The Morgan fingerprint density at radius 3 is 2.72 bits per heavy atom. The lowest BCUT2D eigenvalue weighted by Crippen LogP contribution is -2.51. The molecule has 1 saturated heterocycles. The van der Waals surface area contributed by atoms with E-state index in [2.05, 4.69) is 13.8 Å². The van der Waals surface area contributed by atoms with Crippen molar-refractivity contribution in [3.8, 4) is 5.75 Å². The molecule has 156 valence electrons. The van der Waals surface area contributed by atoms with Gasteiger partial charge in [-0.3, -0.25) is 9.59 Å². The van der Waals surface area contributed by atoms with Gasteiger partial charge >= 0.3 is 0 Å². The van der Waals surface area contributed by atoms with Gasteiger partial charge in [0.15, 0.2) is 6.61 Å². The Morgan fingerprint density at radius 2 is 2.03 bits per heavy atom. The number of carbonyl (C=O) groups is 2. The van der Waals surface area contributed by atoms with E-state index in [0.29, 0.717) is 50.0 Å². The van der Waals surface area contributed by atoms with Crippen molar-refractivity contribution in [2.45, 2.75) is 20.0 Å². The van der Waals surface area contributed by atoms with Crippen LogP contribution in [-0.2, 0) is 9.53 Å². The summed E-state index contributed by atoms with van der Waals surface area (Å²) in [5, 5.41) is 0. The summed E-state index contributed by atoms with van der Waals surface area (Å²) >= 11 is 0. The largest absolute Gasteiger partial charge is 0.484 e. The molecule has 1 atom stereocenters. The van der Waals surface area contributed by atoms with Gasteiger partial charge in [-0.2, -0.15) is 0 Å². The van der Waals surface area contributed by atoms with Gasteiger partial charge in [0.2, 0.25) is 0 Å². The minimum absolute atomic E-state index is 0.0267. The quantitative estimate of drug-likeness (QED) is 0.681. The first kappa shape index (κ1) is 20.9. The number of morpholine rings is 1. The van der Waals surface area contributed by atoms with Crippen LogP contribution < -0.4 is 4.74 Å². The summed E-state index contributed by atoms with van der Waals surface area (Å²) in [7, 11) is 0. The maximum absolute atomic E-state index is 12.8. The summed E-state index contributed by atoms with van der Waals surface area (Å²) < 4.78 is 16.5. The van der Waals surface area contributed by atoms with Crippen molar-refractivity contribution in [3.63, 3.8) is 0 Å². The maximum Gasteiger partial charge on any atom is 0.260 e. The summed E-state index contributed by atoms with van der Waals surface area (Å²) in [6.45, 7) is 6.53. The van der Waals surface area contributed by atoms with Crippen molar-refractivity contribution in [2.75, 3.05) is 39.4 Å². The second-order valence-corrected chi connectivity index (χ2v) is 7.55. The van der Waals surface area contributed by atoms with E-state index in [1.54, 1.807) is 15.9 Å². The van der Waals surface area contributed by atoms with Crippen LogP contribution in [0.5, 0.6) is 5.75 Å². The van der Waals surface area contributed by atoms with E-state index in [9.17, 15) is 9.59 Å². The molecule has 1 aromatic heterocycles. The molecule has 0 bridgehead atoms. The van der Waals surface area contributed by atoms with Crippen molar-refractivity contribution in [1.29, 1.82) is 0 Å². The molecule has 1 aliphatic rings. The summed E-state index contributed by atoms with van der Waals surface area (Å²) in [5.74, 6) is 0.796. The molecule has 7 heteroatoms. The third-order valence-corrected chi connectivity index (χ3v) is 4.66. The number of rotatable bonds is 8. The highest BCUT2D eigenvalue weighted by molar-refractivity contribution is 5.93. The molecule has 0 N–H and O–H groups in total. The van der Waals surface area contributed by atoms with Crippen LogP contribution in [0.4, 0.5) is 0 Å². The van der Waals surface area contributed by atoms with E-state index < -0.39 is 0 Å². The summed E-state index contributed by atoms with van der Waals surface area (Å²) in [6, 6.07) is 10.9. The molecule has 7 nitrogen and oxygen atoms in total. The van der Waals surface area contributed by atoms with Gasteiger partial charge in [0.25, 0.3) is 11.8 Å². The zero-order chi connectivity index (χ0) is 20.6. The van der Waals surface area contributed by atoms with Gasteiger partial charge in [-0.15, -0.1) is 0 Å². The summed E-state index contributed by atoms with van der Waals surface area (Å²) in [4.78, 5) is 28.9. The molecule has 1 fully saturated rings. The molecule has 0 radical (unpaired) electrons. The number of hydrogen-bond donors (Lipinski definition) is 0. The van der Waals surface area contributed by atoms with Gasteiger partial charge in [0.05, 0.1) is 24.5 Å². The Morgan fingerprint density at radius 1 is 1.24 bits per heavy atom. The third kappa shape index (κ3) is 6.09. The monoisotopic (exact) mass is 400 g/mol. The Kier molecular flexibility index (Phi) is 7.30. The smallest absolute Gasteiger partial charge is 0.260 e. The van der Waals surface area contributed by atoms with Crippen LogP contribution in [0.3, 0.4) is 0 Å². The lowest BCUT2D eigenvalue weighted by atomic mass is 10.1. The predicted molar refractivity (Wildman–Crippen MR) is 108 cm³/mol. The topological polar surface area (TPSA) is 72.2 Å². The van der Waals surface area contributed by atoms with E-state index in [1.807, 2.05) is 30.3 Å². The Hall–Kier alpha value is -2.80. The zero-order valence-corrected chi connectivity index (χ0v) is 17.0. The molecule has 3 rings (SSSR count). The average molecular weight is 400 g/mol. The van der Waals surface area contributed by atoms with Crippen LogP contribution in [-0.4, -0.2) is 67.1 Å². The van der Waals surface area contributed by atoms with Gasteiger partial charge in [-0.25, -0.2) is 0 Å². The van der Waals surface area contributed by atoms with E-state index in [0.717, 1.165) is 0 Å².